The highest BCUT2D eigenvalue weighted by molar-refractivity contribution is 5.92. The molecule has 0 fully saturated rings. The zero-order valence-electron chi connectivity index (χ0n) is 12.4. The van der Waals surface area contributed by atoms with Crippen LogP contribution in [0.2, 0.25) is 0 Å². The number of nitrogens with one attached hydrogen (secondary N) is 1. The lowest BCUT2D eigenvalue weighted by Crippen LogP contribution is -2.41. The Morgan fingerprint density at radius 1 is 1.45 bits per heavy atom. The van der Waals surface area contributed by atoms with Gasteiger partial charge in [0, 0.05) is 18.4 Å². The summed E-state index contributed by atoms with van der Waals surface area (Å²) in [7, 11) is 0. The minimum absolute atomic E-state index is 0.0212. The molecule has 0 aliphatic carbocycles. The first kappa shape index (κ1) is 16.2. The van der Waals surface area contributed by atoms with Gasteiger partial charge in [-0.1, -0.05) is 26.0 Å². The van der Waals surface area contributed by atoms with Gasteiger partial charge in [-0.25, -0.2) is 0 Å². The van der Waals surface area contributed by atoms with Crippen LogP contribution in [0.4, 0.5) is 5.69 Å². The van der Waals surface area contributed by atoms with Crippen LogP contribution in [0.25, 0.3) is 6.08 Å². The predicted octanol–water partition coefficient (Wildman–Crippen LogP) is 2.46. The summed E-state index contributed by atoms with van der Waals surface area (Å²) in [6.45, 7) is 7.25. The van der Waals surface area contributed by atoms with Crippen LogP contribution in [0.5, 0.6) is 0 Å². The molecule has 0 saturated carbocycles. The van der Waals surface area contributed by atoms with E-state index in [1.165, 1.54) is 6.08 Å². The van der Waals surface area contributed by atoms with Gasteiger partial charge in [-0.15, -0.1) is 0 Å². The van der Waals surface area contributed by atoms with E-state index < -0.39 is 0 Å². The minimum Gasteiger partial charge on any atom is -0.399 e. The lowest BCUT2D eigenvalue weighted by Gasteiger charge is -2.21. The second-order valence-electron chi connectivity index (χ2n) is 5.02. The highest BCUT2D eigenvalue weighted by Gasteiger charge is 2.14. The van der Waals surface area contributed by atoms with Crippen molar-refractivity contribution in [2.75, 3.05) is 18.9 Å². The SMILES string of the molecule is CCOCC(NC(=O)/C=C/c1cccc(N)c1)C(C)C. The Hall–Kier alpha value is -1.81. The average molecular weight is 276 g/mol. The van der Waals surface area contributed by atoms with Crippen molar-refractivity contribution in [2.45, 2.75) is 26.8 Å². The molecule has 20 heavy (non-hydrogen) atoms. The summed E-state index contributed by atoms with van der Waals surface area (Å²) in [6, 6.07) is 7.42. The van der Waals surface area contributed by atoms with Crippen molar-refractivity contribution in [3.8, 4) is 0 Å². The number of nitrogen functional groups attached to an aromatic ring is 1. The van der Waals surface area contributed by atoms with Gasteiger partial charge >= 0.3 is 0 Å². The van der Waals surface area contributed by atoms with Crippen molar-refractivity contribution < 1.29 is 9.53 Å². The second kappa shape index (κ2) is 8.38. The number of carbonyl (C=O) groups excluding carboxylic acids is 1. The van der Waals surface area contributed by atoms with Crippen molar-refractivity contribution >= 4 is 17.7 Å². The summed E-state index contributed by atoms with van der Waals surface area (Å²) in [4.78, 5) is 11.9. The number of carbonyl (C=O) groups is 1. The molecule has 0 bridgehead atoms. The fourth-order valence-corrected chi connectivity index (χ4v) is 1.71. The molecule has 4 nitrogen and oxygen atoms in total. The first-order valence-electron chi connectivity index (χ1n) is 6.94. The van der Waals surface area contributed by atoms with E-state index in [0.717, 1.165) is 5.56 Å². The number of benzene rings is 1. The molecule has 1 rings (SSSR count). The fourth-order valence-electron chi connectivity index (χ4n) is 1.71. The lowest BCUT2D eigenvalue weighted by atomic mass is 10.1. The summed E-state index contributed by atoms with van der Waals surface area (Å²) >= 11 is 0. The summed E-state index contributed by atoms with van der Waals surface area (Å²) in [5.74, 6) is 0.206. The molecule has 110 valence electrons. The Labute approximate surface area is 121 Å². The number of anilines is 1. The normalized spacial score (nSPS) is 12.8. The molecule has 0 aliphatic heterocycles. The van der Waals surface area contributed by atoms with E-state index in [9.17, 15) is 4.79 Å². The van der Waals surface area contributed by atoms with Gasteiger partial charge < -0.3 is 15.8 Å². The summed E-state index contributed by atoms with van der Waals surface area (Å²) in [5, 5.41) is 2.95. The van der Waals surface area contributed by atoms with Gasteiger partial charge in [-0.2, -0.15) is 0 Å². The van der Waals surface area contributed by atoms with Gasteiger partial charge in [-0.05, 0) is 36.6 Å². The molecular formula is C16H24N2O2. The van der Waals surface area contributed by atoms with Gasteiger partial charge in [0.05, 0.1) is 12.6 Å². The highest BCUT2D eigenvalue weighted by atomic mass is 16.5. The van der Waals surface area contributed by atoms with Crippen LogP contribution < -0.4 is 11.1 Å². The van der Waals surface area contributed by atoms with Gasteiger partial charge in [0.1, 0.15) is 0 Å². The number of rotatable bonds is 7. The number of ether oxygens (including phenoxy) is 1. The topological polar surface area (TPSA) is 64.3 Å². The molecule has 0 aromatic heterocycles. The third-order valence-corrected chi connectivity index (χ3v) is 2.97. The molecule has 0 heterocycles. The minimum atomic E-state index is -0.120. The van der Waals surface area contributed by atoms with Crippen LogP contribution in [0, 0.1) is 5.92 Å². The van der Waals surface area contributed by atoms with Crippen molar-refractivity contribution in [2.24, 2.45) is 5.92 Å². The Bertz CT molecular complexity index is 456. The summed E-state index contributed by atoms with van der Waals surface area (Å²) in [5.41, 5.74) is 7.28. The Morgan fingerprint density at radius 3 is 2.80 bits per heavy atom. The molecule has 1 unspecified atom stereocenters. The third kappa shape index (κ3) is 5.89. The van der Waals surface area contributed by atoms with Gasteiger partial charge in [0.15, 0.2) is 0 Å². The number of hydrogen-bond donors (Lipinski definition) is 2. The van der Waals surface area contributed by atoms with Crippen LogP contribution in [-0.4, -0.2) is 25.2 Å². The van der Waals surface area contributed by atoms with Crippen LogP contribution >= 0.6 is 0 Å². The predicted molar refractivity (Wildman–Crippen MR) is 83.2 cm³/mol. The summed E-state index contributed by atoms with van der Waals surface area (Å²) in [6.07, 6.45) is 3.28. The lowest BCUT2D eigenvalue weighted by molar-refractivity contribution is -0.117. The first-order valence-corrected chi connectivity index (χ1v) is 6.94. The maximum absolute atomic E-state index is 11.9. The Morgan fingerprint density at radius 2 is 2.20 bits per heavy atom. The number of amides is 1. The van der Waals surface area contributed by atoms with Gasteiger partial charge in [0.25, 0.3) is 0 Å². The zero-order valence-corrected chi connectivity index (χ0v) is 12.4. The summed E-state index contributed by atoms with van der Waals surface area (Å²) < 4.78 is 5.38. The first-order chi connectivity index (χ1) is 9.52. The van der Waals surface area contributed by atoms with E-state index in [4.69, 9.17) is 10.5 Å². The fraction of sp³-hybridized carbons (Fsp3) is 0.438. The zero-order chi connectivity index (χ0) is 15.0. The van der Waals surface area contributed by atoms with Crippen molar-refractivity contribution in [1.82, 2.24) is 5.32 Å². The molecule has 0 aliphatic rings. The molecule has 0 spiro atoms. The third-order valence-electron chi connectivity index (χ3n) is 2.97. The highest BCUT2D eigenvalue weighted by Crippen LogP contribution is 2.08. The quantitative estimate of drug-likeness (QED) is 0.594. The van der Waals surface area contributed by atoms with Crippen LogP contribution in [0.3, 0.4) is 0 Å². The van der Waals surface area contributed by atoms with E-state index in [2.05, 4.69) is 19.2 Å². The Balaban J connectivity index is 2.56. The molecule has 3 N–H and O–H groups in total. The van der Waals surface area contributed by atoms with E-state index >= 15 is 0 Å². The number of hydrogen-bond acceptors (Lipinski definition) is 3. The molecule has 1 amide bonds. The van der Waals surface area contributed by atoms with Crippen LogP contribution in [0.15, 0.2) is 30.3 Å². The standard InChI is InChI=1S/C16H24N2O2/c1-4-20-11-15(12(2)3)18-16(19)9-8-13-6-5-7-14(17)10-13/h5-10,12,15H,4,11,17H2,1-3H3,(H,18,19)/b9-8+. The van der Waals surface area contributed by atoms with Crippen LogP contribution in [0.1, 0.15) is 26.3 Å². The van der Waals surface area contributed by atoms with Crippen molar-refractivity contribution in [1.29, 1.82) is 0 Å². The van der Waals surface area contributed by atoms with Gasteiger partial charge in [-0.3, -0.25) is 4.79 Å². The molecule has 1 aromatic carbocycles. The van der Waals surface area contributed by atoms with E-state index in [0.29, 0.717) is 24.8 Å². The largest absolute Gasteiger partial charge is 0.399 e. The van der Waals surface area contributed by atoms with Crippen LogP contribution in [-0.2, 0) is 9.53 Å². The molecule has 1 atom stereocenters. The Kier molecular flexibility index (Phi) is 6.81. The molecule has 4 heteroatoms. The average Bonchev–Trinajstić information content (AvgIpc) is 2.41. The molecule has 0 saturated heterocycles. The van der Waals surface area contributed by atoms with E-state index in [-0.39, 0.29) is 11.9 Å². The van der Waals surface area contributed by atoms with E-state index in [1.807, 2.05) is 31.2 Å². The molecule has 1 aromatic rings. The molecule has 0 radical (unpaired) electrons. The van der Waals surface area contributed by atoms with Crippen molar-refractivity contribution in [3.05, 3.63) is 35.9 Å². The van der Waals surface area contributed by atoms with Crippen molar-refractivity contribution in [3.63, 3.8) is 0 Å². The maximum Gasteiger partial charge on any atom is 0.244 e. The van der Waals surface area contributed by atoms with E-state index in [1.54, 1.807) is 6.08 Å². The molecular weight excluding hydrogens is 252 g/mol. The maximum atomic E-state index is 11.9. The smallest absolute Gasteiger partial charge is 0.244 e. The number of nitrogens with two attached hydrogens (primary N) is 1. The second-order valence-corrected chi connectivity index (χ2v) is 5.02. The van der Waals surface area contributed by atoms with Gasteiger partial charge in [0.2, 0.25) is 5.91 Å². The monoisotopic (exact) mass is 276 g/mol.